The number of Topliss-reactive ketones (excluding diaryl/α,β-unsaturated/α-hetero) is 1. The maximum Gasteiger partial charge on any atom is 0.163 e. The van der Waals surface area contributed by atoms with Gasteiger partial charge in [0.15, 0.2) is 5.78 Å². The van der Waals surface area contributed by atoms with Gasteiger partial charge in [-0.15, -0.1) is 0 Å². The zero-order chi connectivity index (χ0) is 11.8. The molecule has 0 unspecified atom stereocenters. The van der Waals surface area contributed by atoms with E-state index >= 15 is 0 Å². The van der Waals surface area contributed by atoms with Crippen LogP contribution in [0.3, 0.4) is 0 Å². The summed E-state index contributed by atoms with van der Waals surface area (Å²) in [6.07, 6.45) is 4.09. The summed E-state index contributed by atoms with van der Waals surface area (Å²) in [5.41, 5.74) is 3.13. The van der Waals surface area contributed by atoms with Gasteiger partial charge in [-0.3, -0.25) is 9.78 Å². The molecule has 0 amide bonds. The van der Waals surface area contributed by atoms with Crippen LogP contribution >= 0.6 is 0 Å². The highest BCUT2D eigenvalue weighted by atomic mass is 19.1. The highest BCUT2D eigenvalue weighted by Crippen LogP contribution is 2.28. The lowest BCUT2D eigenvalue weighted by Crippen LogP contribution is -1.92. The molecule has 3 heteroatoms. The molecule has 2 nitrogen and oxygen atoms in total. The first-order valence-corrected chi connectivity index (χ1v) is 5.52. The Kier molecular flexibility index (Phi) is 2.25. The molecule has 0 fully saturated rings. The number of fused-ring (bicyclic) bond motifs is 1. The number of ketones is 1. The van der Waals surface area contributed by atoms with E-state index in [-0.39, 0.29) is 11.6 Å². The van der Waals surface area contributed by atoms with Crippen LogP contribution in [0.15, 0.2) is 36.7 Å². The zero-order valence-electron chi connectivity index (χ0n) is 9.11. The van der Waals surface area contributed by atoms with Crippen molar-refractivity contribution in [2.24, 2.45) is 0 Å². The Bertz CT molecular complexity index is 607. The van der Waals surface area contributed by atoms with Crippen LogP contribution in [0.5, 0.6) is 0 Å². The molecule has 0 radical (unpaired) electrons. The number of carbonyl (C=O) groups is 1. The fourth-order valence-electron chi connectivity index (χ4n) is 2.23. The van der Waals surface area contributed by atoms with Gasteiger partial charge in [-0.25, -0.2) is 4.39 Å². The number of hydrogen-bond acceptors (Lipinski definition) is 2. The third-order valence-corrected chi connectivity index (χ3v) is 3.11. The Morgan fingerprint density at radius 2 is 2.00 bits per heavy atom. The van der Waals surface area contributed by atoms with Crippen molar-refractivity contribution in [2.75, 3.05) is 0 Å². The fraction of sp³-hybridized carbons (Fsp3) is 0.143. The van der Waals surface area contributed by atoms with E-state index in [0.29, 0.717) is 12.0 Å². The molecule has 1 aliphatic rings. The third-order valence-electron chi connectivity index (χ3n) is 3.11. The monoisotopic (exact) mass is 227 g/mol. The van der Waals surface area contributed by atoms with E-state index in [4.69, 9.17) is 0 Å². The largest absolute Gasteiger partial charge is 0.294 e. The van der Waals surface area contributed by atoms with Crippen molar-refractivity contribution in [2.45, 2.75) is 12.8 Å². The van der Waals surface area contributed by atoms with Gasteiger partial charge in [0.1, 0.15) is 5.82 Å². The maximum absolute atomic E-state index is 13.6. The van der Waals surface area contributed by atoms with Gasteiger partial charge >= 0.3 is 0 Å². The molecule has 1 aliphatic carbocycles. The molecular weight excluding hydrogens is 217 g/mol. The van der Waals surface area contributed by atoms with Gasteiger partial charge in [0.2, 0.25) is 0 Å². The van der Waals surface area contributed by atoms with Crippen LogP contribution in [-0.2, 0) is 6.42 Å². The van der Waals surface area contributed by atoms with Gasteiger partial charge in [0.25, 0.3) is 0 Å². The predicted octanol–water partition coefficient (Wildman–Crippen LogP) is 3.02. The first kappa shape index (κ1) is 10.1. The second-order valence-electron chi connectivity index (χ2n) is 4.15. The number of benzene rings is 1. The molecule has 0 aliphatic heterocycles. The van der Waals surface area contributed by atoms with Crippen LogP contribution in [0.4, 0.5) is 4.39 Å². The molecule has 17 heavy (non-hydrogen) atoms. The van der Waals surface area contributed by atoms with Crippen molar-refractivity contribution in [3.8, 4) is 11.1 Å². The van der Waals surface area contributed by atoms with Gasteiger partial charge in [-0.1, -0.05) is 18.2 Å². The van der Waals surface area contributed by atoms with Crippen molar-refractivity contribution in [3.63, 3.8) is 0 Å². The van der Waals surface area contributed by atoms with E-state index in [1.807, 2.05) is 6.07 Å². The fourth-order valence-corrected chi connectivity index (χ4v) is 2.23. The zero-order valence-corrected chi connectivity index (χ0v) is 9.11. The number of nitrogens with zero attached hydrogens (tertiary/aromatic N) is 1. The number of aryl methyl sites for hydroxylation is 1. The Morgan fingerprint density at radius 1 is 1.12 bits per heavy atom. The molecular formula is C14H10FNO. The number of rotatable bonds is 1. The number of halogens is 1. The lowest BCUT2D eigenvalue weighted by molar-refractivity contribution is 0.0994. The van der Waals surface area contributed by atoms with E-state index in [1.54, 1.807) is 24.4 Å². The molecule has 1 heterocycles. The molecule has 3 rings (SSSR count). The Hall–Kier alpha value is -2.03. The molecule has 1 aromatic carbocycles. The molecule has 84 valence electrons. The normalized spacial score (nSPS) is 13.8. The number of hydrogen-bond donors (Lipinski definition) is 0. The van der Waals surface area contributed by atoms with E-state index in [2.05, 4.69) is 4.98 Å². The number of pyridine rings is 1. The lowest BCUT2D eigenvalue weighted by atomic mass is 10.0. The van der Waals surface area contributed by atoms with Crippen LogP contribution < -0.4 is 0 Å². The first-order valence-electron chi connectivity index (χ1n) is 5.52. The summed E-state index contributed by atoms with van der Waals surface area (Å²) in [4.78, 5) is 15.2. The van der Waals surface area contributed by atoms with Crippen molar-refractivity contribution in [1.29, 1.82) is 0 Å². The van der Waals surface area contributed by atoms with Crippen LogP contribution in [0.2, 0.25) is 0 Å². The molecule has 2 aromatic rings. The molecule has 0 saturated carbocycles. The smallest absolute Gasteiger partial charge is 0.163 e. The second-order valence-corrected chi connectivity index (χ2v) is 4.15. The minimum Gasteiger partial charge on any atom is -0.294 e. The van der Waals surface area contributed by atoms with Crippen LogP contribution in [0.25, 0.3) is 11.1 Å². The quantitative estimate of drug-likeness (QED) is 0.749. The van der Waals surface area contributed by atoms with Crippen molar-refractivity contribution < 1.29 is 9.18 Å². The molecule has 1 aromatic heterocycles. The van der Waals surface area contributed by atoms with Gasteiger partial charge in [0, 0.05) is 23.7 Å². The van der Waals surface area contributed by atoms with Gasteiger partial charge in [-0.05, 0) is 23.6 Å². The van der Waals surface area contributed by atoms with Gasteiger partial charge < -0.3 is 0 Å². The topological polar surface area (TPSA) is 30.0 Å². The second kappa shape index (κ2) is 3.77. The average molecular weight is 227 g/mol. The Balaban J connectivity index is 2.12. The van der Waals surface area contributed by atoms with Crippen LogP contribution in [0, 0.1) is 5.82 Å². The van der Waals surface area contributed by atoms with Crippen molar-refractivity contribution in [3.05, 3.63) is 53.6 Å². The molecule has 0 saturated heterocycles. The molecule has 0 bridgehead atoms. The Morgan fingerprint density at radius 3 is 2.82 bits per heavy atom. The summed E-state index contributed by atoms with van der Waals surface area (Å²) in [5, 5.41) is 0. The SMILES string of the molecule is O=C1CCc2cc(-c3ccncc3F)ccc21. The summed E-state index contributed by atoms with van der Waals surface area (Å²) in [6, 6.07) is 7.13. The van der Waals surface area contributed by atoms with Crippen molar-refractivity contribution in [1.82, 2.24) is 4.98 Å². The van der Waals surface area contributed by atoms with E-state index in [9.17, 15) is 9.18 Å². The lowest BCUT2D eigenvalue weighted by Gasteiger charge is -2.05. The molecule has 0 atom stereocenters. The summed E-state index contributed by atoms with van der Waals surface area (Å²) in [6.45, 7) is 0. The van der Waals surface area contributed by atoms with Crippen molar-refractivity contribution >= 4 is 5.78 Å². The molecule has 0 N–H and O–H groups in total. The third kappa shape index (κ3) is 1.64. The summed E-state index contributed by atoms with van der Waals surface area (Å²) >= 11 is 0. The van der Waals surface area contributed by atoms with E-state index in [1.165, 1.54) is 6.20 Å². The van der Waals surface area contributed by atoms with Gasteiger partial charge in [0.05, 0.1) is 6.20 Å². The van der Waals surface area contributed by atoms with E-state index < -0.39 is 0 Å². The predicted molar refractivity (Wildman–Crippen MR) is 62.3 cm³/mol. The van der Waals surface area contributed by atoms with Crippen LogP contribution in [-0.4, -0.2) is 10.8 Å². The van der Waals surface area contributed by atoms with Gasteiger partial charge in [-0.2, -0.15) is 0 Å². The first-order chi connectivity index (χ1) is 8.25. The minimum absolute atomic E-state index is 0.182. The highest BCUT2D eigenvalue weighted by Gasteiger charge is 2.19. The summed E-state index contributed by atoms with van der Waals surface area (Å²) in [7, 11) is 0. The number of aromatic nitrogens is 1. The van der Waals surface area contributed by atoms with E-state index in [0.717, 1.165) is 23.1 Å². The highest BCUT2D eigenvalue weighted by molar-refractivity contribution is 6.00. The summed E-state index contributed by atoms with van der Waals surface area (Å²) in [5.74, 6) is -0.154. The standard InChI is InChI=1S/C14H10FNO/c15-13-8-16-6-5-11(13)9-1-3-12-10(7-9)2-4-14(12)17/h1,3,5-8H,2,4H2. The number of carbonyl (C=O) groups excluding carboxylic acids is 1. The summed E-state index contributed by atoms with van der Waals surface area (Å²) < 4.78 is 13.6. The molecule has 0 spiro atoms. The maximum atomic E-state index is 13.6. The average Bonchev–Trinajstić information content (AvgIpc) is 2.71. The van der Waals surface area contributed by atoms with Crippen LogP contribution in [0.1, 0.15) is 22.3 Å². The Labute approximate surface area is 98.1 Å². The minimum atomic E-state index is -0.336.